The van der Waals surface area contributed by atoms with Gasteiger partial charge in [-0.05, 0) is 25.0 Å². The van der Waals surface area contributed by atoms with Crippen LogP contribution in [-0.2, 0) is 18.3 Å². The van der Waals surface area contributed by atoms with Gasteiger partial charge < -0.3 is 14.6 Å². The second kappa shape index (κ2) is 11.8. The van der Waals surface area contributed by atoms with Crippen LogP contribution < -0.4 is 4.74 Å². The Morgan fingerprint density at radius 1 is 1.00 bits per heavy atom. The fourth-order valence-corrected chi connectivity index (χ4v) is 3.80. The molecular formula is C26H35N3O3. The molecule has 3 rings (SSSR count). The van der Waals surface area contributed by atoms with Crippen molar-refractivity contribution in [2.45, 2.75) is 33.4 Å². The molecule has 0 aliphatic heterocycles. The van der Waals surface area contributed by atoms with E-state index in [4.69, 9.17) is 14.6 Å². The van der Waals surface area contributed by atoms with Crippen LogP contribution in [0.4, 0.5) is 0 Å². The summed E-state index contributed by atoms with van der Waals surface area (Å²) in [5, 5.41) is 15.3. The minimum absolute atomic E-state index is 0.330. The number of aryl methyl sites for hydroxylation is 1. The third kappa shape index (κ3) is 6.66. The predicted molar refractivity (Wildman–Crippen MR) is 128 cm³/mol. The van der Waals surface area contributed by atoms with Gasteiger partial charge in [-0.25, -0.2) is 4.68 Å². The van der Waals surface area contributed by atoms with Gasteiger partial charge in [-0.15, -0.1) is 0 Å². The van der Waals surface area contributed by atoms with Gasteiger partial charge in [0.1, 0.15) is 11.4 Å². The number of aliphatic hydroxyl groups excluding tert-OH is 1. The summed E-state index contributed by atoms with van der Waals surface area (Å²) in [6.45, 7) is 9.21. The van der Waals surface area contributed by atoms with Crippen LogP contribution in [-0.4, -0.2) is 52.2 Å². The molecule has 0 amide bonds. The molecule has 0 saturated heterocycles. The molecule has 1 heterocycles. The number of benzene rings is 2. The van der Waals surface area contributed by atoms with Crippen LogP contribution in [0.25, 0.3) is 11.3 Å². The number of hydrogen-bond acceptors (Lipinski definition) is 5. The van der Waals surface area contributed by atoms with Crippen LogP contribution in [0, 0.1) is 5.92 Å². The van der Waals surface area contributed by atoms with Gasteiger partial charge in [0, 0.05) is 38.9 Å². The second-order valence-corrected chi connectivity index (χ2v) is 8.44. The van der Waals surface area contributed by atoms with E-state index in [0.717, 1.165) is 29.1 Å². The molecule has 32 heavy (non-hydrogen) atoms. The smallest absolute Gasteiger partial charge is 0.222 e. The maximum atomic E-state index is 10.5. The molecule has 0 spiro atoms. The Morgan fingerprint density at radius 2 is 1.66 bits per heavy atom. The molecule has 1 aromatic heterocycles. The van der Waals surface area contributed by atoms with Gasteiger partial charge in [-0.2, -0.15) is 5.10 Å². The molecule has 0 bridgehead atoms. The summed E-state index contributed by atoms with van der Waals surface area (Å²) in [4.78, 5) is 2.26. The molecule has 172 valence electrons. The Labute approximate surface area is 191 Å². The zero-order valence-electron chi connectivity index (χ0n) is 19.6. The van der Waals surface area contributed by atoms with E-state index in [2.05, 4.69) is 30.9 Å². The normalized spacial score (nSPS) is 12.5. The number of nitrogens with zero attached hydrogens (tertiary/aromatic N) is 3. The topological polar surface area (TPSA) is 59.8 Å². The number of ether oxygens (including phenoxy) is 2. The highest BCUT2D eigenvalue weighted by Gasteiger charge is 2.23. The molecule has 6 nitrogen and oxygen atoms in total. The van der Waals surface area contributed by atoms with E-state index in [1.165, 1.54) is 0 Å². The summed E-state index contributed by atoms with van der Waals surface area (Å²) >= 11 is 0. The van der Waals surface area contributed by atoms with Crippen molar-refractivity contribution in [3.05, 3.63) is 66.2 Å². The maximum absolute atomic E-state index is 10.5. The zero-order valence-corrected chi connectivity index (χ0v) is 19.6. The number of para-hydroxylation sites is 1. The van der Waals surface area contributed by atoms with E-state index >= 15 is 0 Å². The number of hydrogen-bond donors (Lipinski definition) is 1. The van der Waals surface area contributed by atoms with Crippen LogP contribution in [0.2, 0.25) is 0 Å². The van der Waals surface area contributed by atoms with E-state index < -0.39 is 6.10 Å². The van der Waals surface area contributed by atoms with Crippen LogP contribution >= 0.6 is 0 Å². The van der Waals surface area contributed by atoms with Gasteiger partial charge in [-0.1, -0.05) is 62.4 Å². The largest absolute Gasteiger partial charge is 0.439 e. The van der Waals surface area contributed by atoms with Crippen molar-refractivity contribution in [1.29, 1.82) is 0 Å². The van der Waals surface area contributed by atoms with Gasteiger partial charge >= 0.3 is 0 Å². The quantitative estimate of drug-likeness (QED) is 0.444. The van der Waals surface area contributed by atoms with Crippen molar-refractivity contribution in [2.75, 3.05) is 26.3 Å². The average molecular weight is 438 g/mol. The Balaban J connectivity index is 1.96. The third-order valence-electron chi connectivity index (χ3n) is 5.08. The lowest BCUT2D eigenvalue weighted by Gasteiger charge is -2.27. The summed E-state index contributed by atoms with van der Waals surface area (Å²) in [7, 11) is 1.91. The Kier molecular flexibility index (Phi) is 8.85. The molecule has 6 heteroatoms. The third-order valence-corrected chi connectivity index (χ3v) is 5.08. The molecule has 0 radical (unpaired) electrons. The van der Waals surface area contributed by atoms with Crippen LogP contribution in [0.1, 0.15) is 26.3 Å². The van der Waals surface area contributed by atoms with Crippen LogP contribution in [0.5, 0.6) is 11.6 Å². The Bertz CT molecular complexity index is 942. The molecule has 1 atom stereocenters. The summed E-state index contributed by atoms with van der Waals surface area (Å²) in [6.07, 6.45) is -0.552. The lowest BCUT2D eigenvalue weighted by molar-refractivity contribution is 0.0174. The van der Waals surface area contributed by atoms with Crippen LogP contribution in [0.3, 0.4) is 0 Å². The fraction of sp³-hybridized carbons (Fsp3) is 0.423. The van der Waals surface area contributed by atoms with Gasteiger partial charge in [0.05, 0.1) is 18.3 Å². The molecule has 0 unspecified atom stereocenters. The first-order valence-corrected chi connectivity index (χ1v) is 11.3. The highest BCUT2D eigenvalue weighted by atomic mass is 16.5. The fourth-order valence-electron chi connectivity index (χ4n) is 3.80. The molecule has 2 aromatic carbocycles. The summed E-state index contributed by atoms with van der Waals surface area (Å²) in [5.74, 6) is 1.93. The molecular weight excluding hydrogens is 402 g/mol. The highest BCUT2D eigenvalue weighted by Crippen LogP contribution is 2.34. The number of aliphatic hydroxyl groups is 1. The molecule has 1 N–H and O–H groups in total. The summed E-state index contributed by atoms with van der Waals surface area (Å²) in [6, 6.07) is 19.9. The standard InChI is InChI=1S/C26H35N3O3/c1-5-31-19-22(30)17-29(16-20(2)3)18-24-25(21-12-8-6-9-13-21)27-28(4)26(24)32-23-14-10-7-11-15-23/h6-15,20,22,30H,5,16-19H2,1-4H3/t22-/m0/s1. The lowest BCUT2D eigenvalue weighted by Crippen LogP contribution is -2.37. The van der Waals surface area contributed by atoms with E-state index in [9.17, 15) is 5.11 Å². The summed E-state index contributed by atoms with van der Waals surface area (Å²) < 4.78 is 13.5. The van der Waals surface area contributed by atoms with Gasteiger partial charge in [-0.3, -0.25) is 4.90 Å². The van der Waals surface area contributed by atoms with Gasteiger partial charge in [0.15, 0.2) is 0 Å². The maximum Gasteiger partial charge on any atom is 0.222 e. The van der Waals surface area contributed by atoms with Crippen molar-refractivity contribution >= 4 is 0 Å². The first-order chi connectivity index (χ1) is 15.5. The molecule has 3 aromatic rings. The zero-order chi connectivity index (χ0) is 22.9. The van der Waals surface area contributed by atoms with E-state index in [1.807, 2.05) is 62.5 Å². The SMILES string of the molecule is CCOC[C@@H](O)CN(Cc1c(-c2ccccc2)nn(C)c1Oc1ccccc1)CC(C)C. The van der Waals surface area contributed by atoms with Crippen molar-refractivity contribution < 1.29 is 14.6 Å². The minimum atomic E-state index is -0.552. The van der Waals surface area contributed by atoms with Crippen LogP contribution in [0.15, 0.2) is 60.7 Å². The van der Waals surface area contributed by atoms with Crippen molar-refractivity contribution in [3.63, 3.8) is 0 Å². The van der Waals surface area contributed by atoms with Crippen molar-refractivity contribution in [1.82, 2.24) is 14.7 Å². The summed E-state index contributed by atoms with van der Waals surface area (Å²) in [5.41, 5.74) is 2.94. The van der Waals surface area contributed by atoms with Gasteiger partial charge in [0.2, 0.25) is 5.88 Å². The number of rotatable bonds is 12. The minimum Gasteiger partial charge on any atom is -0.439 e. The monoisotopic (exact) mass is 437 g/mol. The van der Waals surface area contributed by atoms with Crippen molar-refractivity contribution in [3.8, 4) is 22.9 Å². The highest BCUT2D eigenvalue weighted by molar-refractivity contribution is 5.65. The second-order valence-electron chi connectivity index (χ2n) is 8.44. The molecule has 0 aliphatic rings. The molecule has 0 aliphatic carbocycles. The average Bonchev–Trinajstić information content (AvgIpc) is 3.08. The van der Waals surface area contributed by atoms with Gasteiger partial charge in [0.25, 0.3) is 0 Å². The van der Waals surface area contributed by atoms with E-state index in [0.29, 0.717) is 38.1 Å². The lowest BCUT2D eigenvalue weighted by atomic mass is 10.1. The Morgan fingerprint density at radius 3 is 2.28 bits per heavy atom. The molecule has 0 fully saturated rings. The Hall–Kier alpha value is -2.67. The first-order valence-electron chi connectivity index (χ1n) is 11.3. The predicted octanol–water partition coefficient (Wildman–Crippen LogP) is 4.73. The first kappa shape index (κ1) is 24.0. The van der Waals surface area contributed by atoms with E-state index in [-0.39, 0.29) is 0 Å². The molecule has 0 saturated carbocycles. The number of aromatic nitrogens is 2. The van der Waals surface area contributed by atoms with Crippen molar-refractivity contribution in [2.24, 2.45) is 13.0 Å². The van der Waals surface area contributed by atoms with E-state index in [1.54, 1.807) is 4.68 Å².